The molecule has 0 bridgehead atoms. The van der Waals surface area contributed by atoms with Crippen molar-refractivity contribution in [2.45, 2.75) is 26.7 Å². The maximum absolute atomic E-state index is 12.1. The highest BCUT2D eigenvalue weighted by Crippen LogP contribution is 2.24. The van der Waals surface area contributed by atoms with E-state index in [0.717, 1.165) is 9.99 Å². The number of hydrogen-bond donors (Lipinski definition) is 0. The molecule has 0 radical (unpaired) electrons. The number of hydrogen-bond acceptors (Lipinski definition) is 2. The summed E-state index contributed by atoms with van der Waals surface area (Å²) in [6.07, 6.45) is 1.62. The van der Waals surface area contributed by atoms with Crippen LogP contribution < -0.4 is 4.74 Å². The fourth-order valence-corrected chi connectivity index (χ4v) is 1.96. The van der Waals surface area contributed by atoms with Crippen LogP contribution in [0.4, 0.5) is 0 Å². The molecule has 0 saturated carbocycles. The van der Waals surface area contributed by atoms with Crippen molar-refractivity contribution in [3.63, 3.8) is 0 Å². The topological polar surface area (TPSA) is 26.3 Å². The van der Waals surface area contributed by atoms with Crippen molar-refractivity contribution in [2.24, 2.45) is 5.92 Å². The average molecular weight is 332 g/mol. The van der Waals surface area contributed by atoms with Gasteiger partial charge in [-0.05, 0) is 46.7 Å². The standard InChI is InChI=1S/C13H17IO2/c1-4-9(2)7-12(15)11-8-10(14)5-6-13(11)16-3/h5-6,8-9H,4,7H2,1-3H3. The molecule has 2 nitrogen and oxygen atoms in total. The first-order chi connectivity index (χ1) is 7.58. The minimum Gasteiger partial charge on any atom is -0.496 e. The fraction of sp³-hybridized carbons (Fsp3) is 0.462. The maximum Gasteiger partial charge on any atom is 0.166 e. The molecule has 0 aliphatic heterocycles. The summed E-state index contributed by atoms with van der Waals surface area (Å²) >= 11 is 2.21. The lowest BCUT2D eigenvalue weighted by Gasteiger charge is -2.10. The van der Waals surface area contributed by atoms with Gasteiger partial charge in [-0.25, -0.2) is 0 Å². The minimum absolute atomic E-state index is 0.171. The number of methoxy groups -OCH3 is 1. The van der Waals surface area contributed by atoms with E-state index in [2.05, 4.69) is 36.4 Å². The molecule has 16 heavy (non-hydrogen) atoms. The number of ether oxygens (including phenoxy) is 1. The van der Waals surface area contributed by atoms with Crippen molar-refractivity contribution < 1.29 is 9.53 Å². The molecule has 0 N–H and O–H groups in total. The van der Waals surface area contributed by atoms with Crippen molar-refractivity contribution in [3.05, 3.63) is 27.3 Å². The first kappa shape index (κ1) is 13.5. The Morgan fingerprint density at radius 2 is 2.19 bits per heavy atom. The Morgan fingerprint density at radius 1 is 1.50 bits per heavy atom. The third-order valence-electron chi connectivity index (χ3n) is 2.69. The van der Waals surface area contributed by atoms with Gasteiger partial charge >= 0.3 is 0 Å². The first-order valence-corrected chi connectivity index (χ1v) is 6.53. The Kier molecular flexibility index (Phi) is 5.25. The second-order valence-corrected chi connectivity index (χ2v) is 5.23. The summed E-state index contributed by atoms with van der Waals surface area (Å²) in [5.41, 5.74) is 0.703. The average Bonchev–Trinajstić information content (AvgIpc) is 2.28. The molecule has 0 saturated heterocycles. The number of Topliss-reactive ketones (excluding diaryl/α,β-unsaturated/α-hetero) is 1. The predicted octanol–water partition coefficient (Wildman–Crippen LogP) is 3.92. The first-order valence-electron chi connectivity index (χ1n) is 5.45. The zero-order chi connectivity index (χ0) is 12.1. The Labute approximate surface area is 111 Å². The lowest BCUT2D eigenvalue weighted by Crippen LogP contribution is -2.07. The van der Waals surface area contributed by atoms with Crippen LogP contribution in [0.25, 0.3) is 0 Å². The van der Waals surface area contributed by atoms with Gasteiger partial charge in [0.05, 0.1) is 12.7 Å². The molecule has 0 aliphatic rings. The number of benzene rings is 1. The van der Waals surface area contributed by atoms with E-state index < -0.39 is 0 Å². The van der Waals surface area contributed by atoms with E-state index in [-0.39, 0.29) is 5.78 Å². The number of rotatable bonds is 5. The highest BCUT2D eigenvalue weighted by Gasteiger charge is 2.14. The van der Waals surface area contributed by atoms with Crippen molar-refractivity contribution in [2.75, 3.05) is 7.11 Å². The van der Waals surface area contributed by atoms with Gasteiger partial charge in [0.15, 0.2) is 5.78 Å². The van der Waals surface area contributed by atoms with Crippen molar-refractivity contribution in [1.82, 2.24) is 0 Å². The lowest BCUT2D eigenvalue weighted by molar-refractivity contribution is 0.0960. The van der Waals surface area contributed by atoms with Crippen molar-refractivity contribution in [3.8, 4) is 5.75 Å². The van der Waals surface area contributed by atoms with E-state index in [4.69, 9.17) is 4.74 Å². The molecular weight excluding hydrogens is 315 g/mol. The van der Waals surface area contributed by atoms with E-state index in [0.29, 0.717) is 23.7 Å². The van der Waals surface area contributed by atoms with Gasteiger partial charge in [-0.15, -0.1) is 0 Å². The Morgan fingerprint density at radius 3 is 2.75 bits per heavy atom. The lowest BCUT2D eigenvalue weighted by atomic mass is 9.97. The van der Waals surface area contributed by atoms with Crippen LogP contribution in [0.2, 0.25) is 0 Å². The van der Waals surface area contributed by atoms with E-state index >= 15 is 0 Å². The number of ketones is 1. The molecule has 0 aromatic heterocycles. The maximum atomic E-state index is 12.1. The SMILES string of the molecule is CCC(C)CC(=O)c1cc(I)ccc1OC. The quantitative estimate of drug-likeness (QED) is 0.603. The largest absolute Gasteiger partial charge is 0.496 e. The van der Waals surface area contributed by atoms with Crippen LogP contribution in [0.3, 0.4) is 0 Å². The summed E-state index contributed by atoms with van der Waals surface area (Å²) in [6.45, 7) is 4.20. The van der Waals surface area contributed by atoms with Crippen LogP contribution in [0.1, 0.15) is 37.0 Å². The molecule has 0 heterocycles. The Bertz CT molecular complexity index is 374. The predicted molar refractivity (Wildman–Crippen MR) is 74.1 cm³/mol. The summed E-state index contributed by atoms with van der Waals surface area (Å²) in [4.78, 5) is 12.1. The molecule has 3 heteroatoms. The highest BCUT2D eigenvalue weighted by atomic mass is 127. The van der Waals surface area contributed by atoms with E-state index in [1.807, 2.05) is 18.2 Å². The van der Waals surface area contributed by atoms with Gasteiger partial charge in [-0.1, -0.05) is 20.3 Å². The molecule has 88 valence electrons. The third kappa shape index (κ3) is 3.47. The van der Waals surface area contributed by atoms with Crippen LogP contribution in [0.5, 0.6) is 5.75 Å². The zero-order valence-electron chi connectivity index (χ0n) is 9.92. The Hall–Kier alpha value is -0.580. The Balaban J connectivity index is 2.93. The molecule has 1 aromatic rings. The molecule has 0 aliphatic carbocycles. The van der Waals surface area contributed by atoms with E-state index in [1.54, 1.807) is 7.11 Å². The molecule has 1 unspecified atom stereocenters. The number of carbonyl (C=O) groups is 1. The van der Waals surface area contributed by atoms with Crippen molar-refractivity contribution in [1.29, 1.82) is 0 Å². The minimum atomic E-state index is 0.171. The summed E-state index contributed by atoms with van der Waals surface area (Å²) in [5.74, 6) is 1.27. The van der Waals surface area contributed by atoms with Crippen LogP contribution in [0, 0.1) is 9.49 Å². The normalized spacial score (nSPS) is 12.2. The van der Waals surface area contributed by atoms with Gasteiger partial charge in [0.1, 0.15) is 5.75 Å². The van der Waals surface area contributed by atoms with E-state index in [1.165, 1.54) is 0 Å². The number of halogens is 1. The summed E-state index contributed by atoms with van der Waals surface area (Å²) < 4.78 is 6.27. The monoisotopic (exact) mass is 332 g/mol. The molecule has 0 fully saturated rings. The van der Waals surface area contributed by atoms with Crippen molar-refractivity contribution >= 4 is 28.4 Å². The van der Waals surface area contributed by atoms with Crippen LogP contribution in [-0.4, -0.2) is 12.9 Å². The highest BCUT2D eigenvalue weighted by molar-refractivity contribution is 14.1. The second kappa shape index (κ2) is 6.23. The summed E-state index contributed by atoms with van der Waals surface area (Å²) in [6, 6.07) is 5.69. The van der Waals surface area contributed by atoms with Gasteiger partial charge < -0.3 is 4.74 Å². The smallest absolute Gasteiger partial charge is 0.166 e. The summed E-state index contributed by atoms with van der Waals surface area (Å²) in [7, 11) is 1.60. The van der Waals surface area contributed by atoms with Gasteiger partial charge in [0.2, 0.25) is 0 Å². The van der Waals surface area contributed by atoms with Crippen LogP contribution >= 0.6 is 22.6 Å². The van der Waals surface area contributed by atoms with Gasteiger partial charge in [0.25, 0.3) is 0 Å². The van der Waals surface area contributed by atoms with Gasteiger partial charge in [-0.3, -0.25) is 4.79 Å². The molecule has 0 amide bonds. The van der Waals surface area contributed by atoms with Gasteiger partial charge in [0, 0.05) is 9.99 Å². The molecule has 1 rings (SSSR count). The second-order valence-electron chi connectivity index (χ2n) is 3.99. The molecule has 0 spiro atoms. The molecular formula is C13H17IO2. The van der Waals surface area contributed by atoms with E-state index in [9.17, 15) is 4.79 Å². The fourth-order valence-electron chi connectivity index (χ4n) is 1.47. The van der Waals surface area contributed by atoms with Crippen LogP contribution in [-0.2, 0) is 0 Å². The molecule has 1 aromatic carbocycles. The zero-order valence-corrected chi connectivity index (χ0v) is 12.1. The van der Waals surface area contributed by atoms with Gasteiger partial charge in [-0.2, -0.15) is 0 Å². The van der Waals surface area contributed by atoms with Crippen LogP contribution in [0.15, 0.2) is 18.2 Å². The summed E-state index contributed by atoms with van der Waals surface area (Å²) in [5, 5.41) is 0. The molecule has 1 atom stereocenters. The number of carbonyl (C=O) groups excluding carboxylic acids is 1. The third-order valence-corrected chi connectivity index (χ3v) is 3.36.